The minimum Gasteiger partial charge on any atom is -0.385 e. The van der Waals surface area contributed by atoms with Gasteiger partial charge in [0.2, 0.25) is 5.82 Å². The van der Waals surface area contributed by atoms with Gasteiger partial charge in [0.05, 0.1) is 5.69 Å². The third-order valence-corrected chi connectivity index (χ3v) is 4.30. The Morgan fingerprint density at radius 2 is 1.93 bits per heavy atom. The van der Waals surface area contributed by atoms with Crippen molar-refractivity contribution in [2.24, 2.45) is 0 Å². The van der Waals surface area contributed by atoms with Crippen molar-refractivity contribution in [2.75, 3.05) is 20.3 Å². The first kappa shape index (κ1) is 19.7. The maximum absolute atomic E-state index is 13.4. The Kier molecular flexibility index (Phi) is 6.16. The Morgan fingerprint density at radius 1 is 1.18 bits per heavy atom. The van der Waals surface area contributed by atoms with Crippen LogP contribution in [0.25, 0.3) is 17.1 Å². The highest BCUT2D eigenvalue weighted by atomic mass is 19.1. The summed E-state index contributed by atoms with van der Waals surface area (Å²) < 4.78 is 20.0. The van der Waals surface area contributed by atoms with Crippen LogP contribution in [0.3, 0.4) is 0 Å². The van der Waals surface area contributed by atoms with Crippen molar-refractivity contribution in [3.8, 4) is 17.1 Å². The van der Waals surface area contributed by atoms with E-state index in [0.717, 1.165) is 16.8 Å². The zero-order valence-electron chi connectivity index (χ0n) is 16.2. The van der Waals surface area contributed by atoms with Crippen LogP contribution in [0.15, 0.2) is 42.5 Å². The lowest BCUT2D eigenvalue weighted by molar-refractivity contribution is 0.0938. The molecule has 28 heavy (non-hydrogen) atoms. The largest absolute Gasteiger partial charge is 0.385 e. The maximum Gasteiger partial charge on any atom is 0.290 e. The lowest BCUT2D eigenvalue weighted by atomic mass is 10.1. The average Bonchev–Trinajstić information content (AvgIpc) is 3.11. The average molecular weight is 382 g/mol. The minimum atomic E-state index is -0.358. The number of aryl methyl sites for hydroxylation is 2. The molecule has 0 aliphatic rings. The van der Waals surface area contributed by atoms with E-state index < -0.39 is 0 Å². The molecule has 3 aromatic rings. The Hall–Kier alpha value is -3.06. The summed E-state index contributed by atoms with van der Waals surface area (Å²) in [6.45, 7) is 5.02. The van der Waals surface area contributed by atoms with E-state index in [-0.39, 0.29) is 17.5 Å². The van der Waals surface area contributed by atoms with E-state index in [4.69, 9.17) is 4.74 Å². The molecule has 0 unspecified atom stereocenters. The van der Waals surface area contributed by atoms with Crippen LogP contribution in [0.1, 0.15) is 28.2 Å². The molecule has 1 aromatic heterocycles. The molecule has 0 fully saturated rings. The van der Waals surface area contributed by atoms with Crippen LogP contribution in [-0.4, -0.2) is 40.9 Å². The van der Waals surface area contributed by atoms with Gasteiger partial charge < -0.3 is 10.1 Å². The Balaban J connectivity index is 2.00. The number of hydrogen-bond donors (Lipinski definition) is 1. The van der Waals surface area contributed by atoms with Gasteiger partial charge in [0.25, 0.3) is 5.91 Å². The second kappa shape index (κ2) is 8.75. The third-order valence-electron chi connectivity index (χ3n) is 4.30. The Morgan fingerprint density at radius 3 is 2.61 bits per heavy atom. The number of hydrogen-bond acceptors (Lipinski definition) is 4. The normalized spacial score (nSPS) is 10.9. The van der Waals surface area contributed by atoms with Gasteiger partial charge in [-0.2, -0.15) is 0 Å². The lowest BCUT2D eigenvalue weighted by Crippen LogP contribution is -2.26. The number of amides is 1. The van der Waals surface area contributed by atoms with Crippen molar-refractivity contribution >= 4 is 5.91 Å². The Bertz CT molecular complexity index is 967. The summed E-state index contributed by atoms with van der Waals surface area (Å²) in [5, 5.41) is 7.23. The molecule has 0 spiro atoms. The predicted octanol–water partition coefficient (Wildman–Crippen LogP) is 3.46. The highest BCUT2D eigenvalue weighted by Crippen LogP contribution is 2.24. The molecule has 2 aromatic carbocycles. The zero-order chi connectivity index (χ0) is 20.1. The number of benzene rings is 2. The van der Waals surface area contributed by atoms with Crippen LogP contribution in [0.4, 0.5) is 4.39 Å². The quantitative estimate of drug-likeness (QED) is 0.636. The van der Waals surface area contributed by atoms with Gasteiger partial charge in [-0.25, -0.2) is 14.1 Å². The second-order valence-electron chi connectivity index (χ2n) is 6.57. The van der Waals surface area contributed by atoms with Crippen molar-refractivity contribution in [3.05, 3.63) is 65.2 Å². The van der Waals surface area contributed by atoms with Gasteiger partial charge in [0.1, 0.15) is 5.82 Å². The van der Waals surface area contributed by atoms with E-state index in [9.17, 15) is 9.18 Å². The smallest absolute Gasteiger partial charge is 0.290 e. The molecule has 0 radical (unpaired) electrons. The SMILES string of the molecule is COCCCNC(=O)c1nc(-c2ccc(F)cc2)n(-c2ccc(C)cc2C)n1. The molecular weight excluding hydrogens is 359 g/mol. The van der Waals surface area contributed by atoms with Gasteiger partial charge in [-0.3, -0.25) is 4.79 Å². The summed E-state index contributed by atoms with van der Waals surface area (Å²) in [5.74, 6) is -0.147. The second-order valence-corrected chi connectivity index (χ2v) is 6.57. The van der Waals surface area contributed by atoms with Gasteiger partial charge in [-0.1, -0.05) is 17.7 Å². The van der Waals surface area contributed by atoms with Crippen LogP contribution in [0.5, 0.6) is 0 Å². The maximum atomic E-state index is 13.4. The number of halogens is 1. The molecule has 1 N–H and O–H groups in total. The van der Waals surface area contributed by atoms with Gasteiger partial charge in [-0.05, 0) is 56.2 Å². The molecule has 0 aliphatic heterocycles. The predicted molar refractivity (Wildman–Crippen MR) is 105 cm³/mol. The fourth-order valence-electron chi connectivity index (χ4n) is 2.90. The first-order valence-corrected chi connectivity index (χ1v) is 9.07. The van der Waals surface area contributed by atoms with Crippen molar-refractivity contribution in [2.45, 2.75) is 20.3 Å². The van der Waals surface area contributed by atoms with Crippen LogP contribution in [0, 0.1) is 19.7 Å². The Labute approximate surface area is 163 Å². The first-order chi connectivity index (χ1) is 13.5. The molecule has 0 saturated heterocycles. The molecule has 3 rings (SSSR count). The molecule has 0 saturated carbocycles. The van der Waals surface area contributed by atoms with Crippen LogP contribution < -0.4 is 5.32 Å². The first-order valence-electron chi connectivity index (χ1n) is 9.07. The molecule has 0 bridgehead atoms. The van der Waals surface area contributed by atoms with Crippen molar-refractivity contribution < 1.29 is 13.9 Å². The van der Waals surface area contributed by atoms with E-state index in [1.807, 2.05) is 32.0 Å². The fraction of sp³-hybridized carbons (Fsp3) is 0.286. The van der Waals surface area contributed by atoms with Crippen LogP contribution in [-0.2, 0) is 4.74 Å². The number of nitrogens with one attached hydrogen (secondary N) is 1. The number of nitrogens with zero attached hydrogens (tertiary/aromatic N) is 3. The van der Waals surface area contributed by atoms with Crippen molar-refractivity contribution in [3.63, 3.8) is 0 Å². The molecular formula is C21H23FN4O2. The number of carbonyl (C=O) groups is 1. The molecule has 0 atom stereocenters. The summed E-state index contributed by atoms with van der Waals surface area (Å²) in [7, 11) is 1.62. The summed E-state index contributed by atoms with van der Waals surface area (Å²) in [4.78, 5) is 16.9. The third kappa shape index (κ3) is 4.43. The number of ether oxygens (including phenoxy) is 1. The van der Waals surface area contributed by atoms with E-state index in [0.29, 0.717) is 31.0 Å². The van der Waals surface area contributed by atoms with E-state index in [2.05, 4.69) is 15.4 Å². The summed E-state index contributed by atoms with van der Waals surface area (Å²) in [6.07, 6.45) is 0.699. The molecule has 1 heterocycles. The molecule has 146 valence electrons. The van der Waals surface area contributed by atoms with Gasteiger partial charge in [0.15, 0.2) is 5.82 Å². The number of methoxy groups -OCH3 is 1. The highest BCUT2D eigenvalue weighted by molar-refractivity contribution is 5.91. The minimum absolute atomic E-state index is 0.0664. The van der Waals surface area contributed by atoms with Gasteiger partial charge >= 0.3 is 0 Å². The van der Waals surface area contributed by atoms with E-state index in [1.54, 1.807) is 23.9 Å². The number of aromatic nitrogens is 3. The molecule has 7 heteroatoms. The standard InChI is InChI=1S/C21H23FN4O2/c1-14-5-10-18(15(2)13-14)26-20(16-6-8-17(22)9-7-16)24-19(25-26)21(27)23-11-4-12-28-3/h5-10,13H,4,11-12H2,1-3H3,(H,23,27). The zero-order valence-corrected chi connectivity index (χ0v) is 16.2. The summed E-state index contributed by atoms with van der Waals surface area (Å²) in [6, 6.07) is 11.9. The van der Waals surface area contributed by atoms with E-state index in [1.165, 1.54) is 12.1 Å². The lowest BCUT2D eigenvalue weighted by Gasteiger charge is -2.09. The van der Waals surface area contributed by atoms with Crippen molar-refractivity contribution in [1.82, 2.24) is 20.1 Å². The monoisotopic (exact) mass is 382 g/mol. The number of rotatable bonds is 7. The summed E-state index contributed by atoms with van der Waals surface area (Å²) >= 11 is 0. The van der Waals surface area contributed by atoms with Crippen LogP contribution in [0.2, 0.25) is 0 Å². The van der Waals surface area contributed by atoms with Crippen LogP contribution >= 0.6 is 0 Å². The number of carbonyl (C=O) groups excluding carboxylic acids is 1. The van der Waals surface area contributed by atoms with Gasteiger partial charge in [0, 0.05) is 25.8 Å². The molecule has 6 nitrogen and oxygen atoms in total. The fourth-order valence-corrected chi connectivity index (χ4v) is 2.90. The topological polar surface area (TPSA) is 69.0 Å². The highest BCUT2D eigenvalue weighted by Gasteiger charge is 2.19. The molecule has 0 aliphatic carbocycles. The molecule has 1 amide bonds. The summed E-state index contributed by atoms with van der Waals surface area (Å²) in [5.41, 5.74) is 3.62. The van der Waals surface area contributed by atoms with Crippen molar-refractivity contribution in [1.29, 1.82) is 0 Å². The van der Waals surface area contributed by atoms with Gasteiger partial charge in [-0.15, -0.1) is 5.10 Å². The van der Waals surface area contributed by atoms with E-state index >= 15 is 0 Å².